The quantitative estimate of drug-likeness (QED) is 0.747. The van der Waals surface area contributed by atoms with Crippen LogP contribution in [0.1, 0.15) is 39.0 Å². The van der Waals surface area contributed by atoms with E-state index in [0.717, 1.165) is 31.7 Å². The van der Waals surface area contributed by atoms with Gasteiger partial charge in [0, 0.05) is 0 Å². The average Bonchev–Trinajstić information content (AvgIpc) is 2.70. The summed E-state index contributed by atoms with van der Waals surface area (Å²) in [6, 6.07) is -1.02. The number of nitrogens with one attached hydrogen (secondary N) is 1. The second-order valence-corrected chi connectivity index (χ2v) is 6.29. The minimum atomic E-state index is -0.949. The molecule has 0 bridgehead atoms. The van der Waals surface area contributed by atoms with Gasteiger partial charge >= 0.3 is 5.97 Å². The summed E-state index contributed by atoms with van der Waals surface area (Å²) in [5.41, 5.74) is 0. The molecule has 1 aliphatic heterocycles. The third kappa shape index (κ3) is 5.71. The van der Waals surface area contributed by atoms with Crippen molar-refractivity contribution in [2.75, 3.05) is 25.1 Å². The van der Waals surface area contributed by atoms with E-state index in [4.69, 9.17) is 5.11 Å². The number of nitrogens with zero attached hydrogens (tertiary/aromatic N) is 1. The Labute approximate surface area is 125 Å². The van der Waals surface area contributed by atoms with Gasteiger partial charge in [0.2, 0.25) is 5.91 Å². The molecule has 20 heavy (non-hydrogen) atoms. The molecule has 0 radical (unpaired) electrons. The van der Waals surface area contributed by atoms with Gasteiger partial charge in [0.15, 0.2) is 0 Å². The molecule has 2 atom stereocenters. The van der Waals surface area contributed by atoms with Gasteiger partial charge in [-0.1, -0.05) is 12.8 Å². The zero-order valence-electron chi connectivity index (χ0n) is 12.4. The van der Waals surface area contributed by atoms with Crippen molar-refractivity contribution in [1.29, 1.82) is 0 Å². The van der Waals surface area contributed by atoms with E-state index in [2.05, 4.69) is 10.2 Å². The first-order chi connectivity index (χ1) is 9.56. The van der Waals surface area contributed by atoms with Crippen LogP contribution in [0.5, 0.6) is 0 Å². The third-order valence-electron chi connectivity index (χ3n) is 3.79. The highest BCUT2D eigenvalue weighted by Crippen LogP contribution is 2.13. The summed E-state index contributed by atoms with van der Waals surface area (Å²) in [6.45, 7) is 3.72. The van der Waals surface area contributed by atoms with Crippen LogP contribution in [0.25, 0.3) is 0 Å². The molecule has 1 aliphatic rings. The van der Waals surface area contributed by atoms with Crippen molar-refractivity contribution < 1.29 is 14.7 Å². The van der Waals surface area contributed by atoms with Crippen molar-refractivity contribution in [3.63, 3.8) is 0 Å². The Kier molecular flexibility index (Phi) is 7.99. The van der Waals surface area contributed by atoms with Crippen molar-refractivity contribution >= 4 is 23.6 Å². The van der Waals surface area contributed by atoms with Crippen LogP contribution in [-0.2, 0) is 9.59 Å². The van der Waals surface area contributed by atoms with Crippen molar-refractivity contribution in [2.24, 2.45) is 0 Å². The predicted octanol–water partition coefficient (Wildman–Crippen LogP) is 1.57. The molecule has 1 saturated heterocycles. The molecular formula is C14H26N2O3S. The summed E-state index contributed by atoms with van der Waals surface area (Å²) in [5, 5.41) is 11.8. The second kappa shape index (κ2) is 9.23. The van der Waals surface area contributed by atoms with Gasteiger partial charge in [-0.2, -0.15) is 11.8 Å². The van der Waals surface area contributed by atoms with E-state index in [9.17, 15) is 9.59 Å². The molecular weight excluding hydrogens is 276 g/mol. The van der Waals surface area contributed by atoms with Crippen LogP contribution in [-0.4, -0.2) is 59.1 Å². The number of likely N-dealkylation sites (tertiary alicyclic amines) is 1. The largest absolute Gasteiger partial charge is 0.480 e. The fourth-order valence-electron chi connectivity index (χ4n) is 2.43. The highest BCUT2D eigenvalue weighted by molar-refractivity contribution is 7.98. The fraction of sp³-hybridized carbons (Fsp3) is 0.857. The summed E-state index contributed by atoms with van der Waals surface area (Å²) < 4.78 is 0. The molecule has 0 aromatic carbocycles. The lowest BCUT2D eigenvalue weighted by Crippen LogP contribution is -2.50. The summed E-state index contributed by atoms with van der Waals surface area (Å²) in [5.74, 6) is -0.383. The molecule has 0 saturated carbocycles. The number of thioether (sulfide) groups is 1. The number of carboxylic acid groups (broad SMARTS) is 1. The van der Waals surface area contributed by atoms with E-state index >= 15 is 0 Å². The van der Waals surface area contributed by atoms with Gasteiger partial charge in [-0.15, -0.1) is 0 Å². The van der Waals surface area contributed by atoms with Gasteiger partial charge in [0.05, 0.1) is 6.04 Å². The van der Waals surface area contributed by atoms with Crippen LogP contribution in [0.4, 0.5) is 0 Å². The first kappa shape index (κ1) is 17.3. The lowest BCUT2D eigenvalue weighted by atomic mass is 10.2. The first-order valence-corrected chi connectivity index (χ1v) is 8.71. The van der Waals surface area contributed by atoms with E-state index in [1.165, 1.54) is 12.8 Å². The fourth-order valence-corrected chi connectivity index (χ4v) is 2.91. The van der Waals surface area contributed by atoms with Crippen LogP contribution in [0.15, 0.2) is 0 Å². The maximum Gasteiger partial charge on any atom is 0.326 e. The van der Waals surface area contributed by atoms with Crippen LogP contribution in [0, 0.1) is 0 Å². The minimum Gasteiger partial charge on any atom is -0.480 e. The molecule has 5 nitrogen and oxygen atoms in total. The molecule has 1 rings (SSSR count). The van der Waals surface area contributed by atoms with Crippen molar-refractivity contribution in [2.45, 2.75) is 51.1 Å². The summed E-state index contributed by atoms with van der Waals surface area (Å²) in [6.07, 6.45) is 7.07. The number of hydrogen-bond acceptors (Lipinski definition) is 4. The smallest absolute Gasteiger partial charge is 0.326 e. The molecule has 0 aromatic heterocycles. The second-order valence-electron chi connectivity index (χ2n) is 5.31. The monoisotopic (exact) mass is 302 g/mol. The van der Waals surface area contributed by atoms with Crippen LogP contribution >= 0.6 is 11.8 Å². The van der Waals surface area contributed by atoms with Crippen molar-refractivity contribution in [3.8, 4) is 0 Å². The minimum absolute atomic E-state index is 0.166. The van der Waals surface area contributed by atoms with Gasteiger partial charge in [-0.05, 0) is 51.3 Å². The normalized spacial score (nSPS) is 19.9. The van der Waals surface area contributed by atoms with Gasteiger partial charge in [-0.25, -0.2) is 4.79 Å². The molecule has 0 aliphatic carbocycles. The highest BCUT2D eigenvalue weighted by atomic mass is 32.2. The maximum atomic E-state index is 12.2. The Hall–Kier alpha value is -0.750. The summed E-state index contributed by atoms with van der Waals surface area (Å²) in [7, 11) is 0. The highest BCUT2D eigenvalue weighted by Gasteiger charge is 2.26. The van der Waals surface area contributed by atoms with E-state index in [1.54, 1.807) is 11.8 Å². The molecule has 2 unspecified atom stereocenters. The Morgan fingerprint density at radius 3 is 2.35 bits per heavy atom. The molecule has 0 spiro atoms. The summed E-state index contributed by atoms with van der Waals surface area (Å²) >= 11 is 1.59. The number of carbonyl (C=O) groups excluding carboxylic acids is 1. The topological polar surface area (TPSA) is 69.6 Å². The first-order valence-electron chi connectivity index (χ1n) is 7.32. The number of hydrogen-bond donors (Lipinski definition) is 2. The maximum absolute atomic E-state index is 12.2. The number of amides is 1. The predicted molar refractivity (Wildman–Crippen MR) is 82.1 cm³/mol. The molecule has 2 N–H and O–H groups in total. The van der Waals surface area contributed by atoms with Gasteiger partial charge in [0.1, 0.15) is 6.04 Å². The SMILES string of the molecule is CSCCC(NC(=O)C(C)N1CCCCCC1)C(=O)O. The van der Waals surface area contributed by atoms with E-state index < -0.39 is 12.0 Å². The lowest BCUT2D eigenvalue weighted by molar-refractivity contribution is -0.142. The van der Waals surface area contributed by atoms with Crippen LogP contribution < -0.4 is 5.32 Å². The van der Waals surface area contributed by atoms with Crippen molar-refractivity contribution in [3.05, 3.63) is 0 Å². The van der Waals surface area contributed by atoms with Crippen LogP contribution in [0.3, 0.4) is 0 Å². The zero-order chi connectivity index (χ0) is 15.0. The Morgan fingerprint density at radius 1 is 1.25 bits per heavy atom. The Bertz CT molecular complexity index is 318. The van der Waals surface area contributed by atoms with Gasteiger partial charge < -0.3 is 10.4 Å². The third-order valence-corrected chi connectivity index (χ3v) is 4.44. The van der Waals surface area contributed by atoms with Crippen LogP contribution in [0.2, 0.25) is 0 Å². The van der Waals surface area contributed by atoms with E-state index in [-0.39, 0.29) is 11.9 Å². The zero-order valence-corrected chi connectivity index (χ0v) is 13.2. The molecule has 1 amide bonds. The van der Waals surface area contributed by atoms with E-state index in [0.29, 0.717) is 6.42 Å². The Morgan fingerprint density at radius 2 is 1.85 bits per heavy atom. The standard InChI is InChI=1S/C14H26N2O3S/c1-11(16-8-5-3-4-6-9-16)13(17)15-12(14(18)19)7-10-20-2/h11-12H,3-10H2,1-2H3,(H,15,17)(H,18,19). The average molecular weight is 302 g/mol. The van der Waals surface area contributed by atoms with Gasteiger partial charge in [-0.3, -0.25) is 9.69 Å². The molecule has 116 valence electrons. The lowest BCUT2D eigenvalue weighted by Gasteiger charge is -2.27. The van der Waals surface area contributed by atoms with Gasteiger partial charge in [0.25, 0.3) is 0 Å². The number of aliphatic carboxylic acids is 1. The number of carbonyl (C=O) groups is 2. The molecule has 1 fully saturated rings. The summed E-state index contributed by atoms with van der Waals surface area (Å²) in [4.78, 5) is 25.5. The molecule has 6 heteroatoms. The molecule has 1 heterocycles. The number of rotatable bonds is 7. The Balaban J connectivity index is 2.51. The van der Waals surface area contributed by atoms with Crippen molar-refractivity contribution in [1.82, 2.24) is 10.2 Å². The van der Waals surface area contributed by atoms with E-state index in [1.807, 2.05) is 13.2 Å². The molecule has 0 aromatic rings. The number of carboxylic acids is 1.